The van der Waals surface area contributed by atoms with Crippen LogP contribution in [0.25, 0.3) is 0 Å². The van der Waals surface area contributed by atoms with Gasteiger partial charge in [-0.1, -0.05) is 0 Å². The minimum atomic E-state index is -0.960. The van der Waals surface area contributed by atoms with Gasteiger partial charge in [-0.2, -0.15) is 0 Å². The maximum absolute atomic E-state index is 10.4. The van der Waals surface area contributed by atoms with Crippen molar-refractivity contribution in [1.29, 1.82) is 0 Å². The Labute approximate surface area is 102 Å². The zero-order chi connectivity index (χ0) is 12.9. The van der Waals surface area contributed by atoms with Crippen molar-refractivity contribution in [2.45, 2.75) is 18.9 Å². The molecule has 0 bridgehead atoms. The van der Waals surface area contributed by atoms with Crippen molar-refractivity contribution in [3.05, 3.63) is 23.8 Å². The Morgan fingerprint density at radius 3 is 2.00 bits per heavy atom. The van der Waals surface area contributed by atoms with Crippen LogP contribution in [0.3, 0.4) is 0 Å². The number of hydrogen-bond acceptors (Lipinski definition) is 4. The molecule has 4 heteroatoms. The summed E-state index contributed by atoms with van der Waals surface area (Å²) in [6.45, 7) is 2.24. The highest BCUT2D eigenvalue weighted by Gasteiger charge is 2.24. The zero-order valence-corrected chi connectivity index (χ0v) is 10.8. The summed E-state index contributed by atoms with van der Waals surface area (Å²) in [5.74, 6) is 1.33. The van der Waals surface area contributed by atoms with E-state index in [1.807, 2.05) is 0 Å². The van der Waals surface area contributed by atoms with Gasteiger partial charge in [-0.25, -0.2) is 0 Å². The highest BCUT2D eigenvalue weighted by atomic mass is 16.5. The van der Waals surface area contributed by atoms with Gasteiger partial charge in [0.2, 0.25) is 0 Å². The van der Waals surface area contributed by atoms with Gasteiger partial charge in [-0.3, -0.25) is 0 Å². The molecule has 0 aliphatic carbocycles. The Kier molecular flexibility index (Phi) is 4.78. The van der Waals surface area contributed by atoms with Gasteiger partial charge in [-0.15, -0.1) is 0 Å². The first kappa shape index (κ1) is 13.8. The number of hydrogen-bond donors (Lipinski definition) is 1. The summed E-state index contributed by atoms with van der Waals surface area (Å²) in [6, 6.07) is 5.38. The number of ether oxygens (including phenoxy) is 3. The van der Waals surface area contributed by atoms with Crippen LogP contribution in [0.15, 0.2) is 18.2 Å². The Bertz CT molecular complexity index is 338. The van der Waals surface area contributed by atoms with Crippen molar-refractivity contribution in [2.75, 3.05) is 27.9 Å². The van der Waals surface area contributed by atoms with Gasteiger partial charge >= 0.3 is 0 Å². The van der Waals surface area contributed by atoms with Crippen LogP contribution in [-0.4, -0.2) is 33.0 Å². The van der Waals surface area contributed by atoms with E-state index in [1.165, 1.54) is 0 Å². The maximum Gasteiger partial charge on any atom is 0.122 e. The molecule has 17 heavy (non-hydrogen) atoms. The minimum absolute atomic E-state index is 0.493. The van der Waals surface area contributed by atoms with E-state index in [-0.39, 0.29) is 0 Å². The molecule has 0 radical (unpaired) electrons. The largest absolute Gasteiger partial charge is 0.497 e. The van der Waals surface area contributed by atoms with Crippen molar-refractivity contribution in [3.63, 3.8) is 0 Å². The van der Waals surface area contributed by atoms with E-state index in [0.717, 1.165) is 5.56 Å². The van der Waals surface area contributed by atoms with Gasteiger partial charge in [-0.05, 0) is 24.6 Å². The third kappa shape index (κ3) is 3.61. The van der Waals surface area contributed by atoms with Gasteiger partial charge in [0, 0.05) is 26.2 Å². The van der Waals surface area contributed by atoms with Crippen LogP contribution >= 0.6 is 0 Å². The average molecular weight is 240 g/mol. The van der Waals surface area contributed by atoms with Crippen LogP contribution in [0.4, 0.5) is 0 Å². The second-order valence-corrected chi connectivity index (χ2v) is 4.12. The molecule has 0 aliphatic rings. The van der Waals surface area contributed by atoms with Gasteiger partial charge in [0.05, 0.1) is 19.8 Å². The molecule has 0 aromatic heterocycles. The molecule has 0 spiro atoms. The molecule has 0 aliphatic heterocycles. The molecule has 0 amide bonds. The number of benzene rings is 1. The first-order valence-electron chi connectivity index (χ1n) is 5.48. The van der Waals surface area contributed by atoms with E-state index < -0.39 is 5.60 Å². The molecule has 4 nitrogen and oxygen atoms in total. The molecule has 0 fully saturated rings. The number of aliphatic hydroxyl groups is 1. The summed E-state index contributed by atoms with van der Waals surface area (Å²) >= 11 is 0. The Balaban J connectivity index is 3.02. The Morgan fingerprint density at radius 1 is 1.06 bits per heavy atom. The standard InChI is InChI=1S/C13H20O4/c1-13(14,5-6-15-2)10-7-11(16-3)9-12(8-10)17-4/h7-9,14H,5-6H2,1-4H3. The van der Waals surface area contributed by atoms with Crippen LogP contribution in [0.5, 0.6) is 11.5 Å². The first-order chi connectivity index (χ1) is 8.03. The summed E-state index contributed by atoms with van der Waals surface area (Å²) < 4.78 is 15.3. The number of methoxy groups -OCH3 is 3. The van der Waals surface area contributed by atoms with Crippen molar-refractivity contribution in [1.82, 2.24) is 0 Å². The van der Waals surface area contributed by atoms with E-state index in [2.05, 4.69) is 0 Å². The zero-order valence-electron chi connectivity index (χ0n) is 10.8. The summed E-state index contributed by atoms with van der Waals surface area (Å²) in [4.78, 5) is 0. The molecular weight excluding hydrogens is 220 g/mol. The van der Waals surface area contributed by atoms with Crippen LogP contribution < -0.4 is 9.47 Å². The molecule has 0 saturated carbocycles. The SMILES string of the molecule is COCCC(C)(O)c1cc(OC)cc(OC)c1. The topological polar surface area (TPSA) is 47.9 Å². The molecule has 1 rings (SSSR count). The molecular formula is C13H20O4. The third-order valence-electron chi connectivity index (χ3n) is 2.77. The van der Waals surface area contributed by atoms with E-state index in [4.69, 9.17) is 14.2 Å². The summed E-state index contributed by atoms with van der Waals surface area (Å²) in [6.07, 6.45) is 0.514. The van der Waals surface area contributed by atoms with Crippen molar-refractivity contribution in [3.8, 4) is 11.5 Å². The van der Waals surface area contributed by atoms with Crippen LogP contribution in [0.2, 0.25) is 0 Å². The van der Waals surface area contributed by atoms with Crippen molar-refractivity contribution in [2.24, 2.45) is 0 Å². The van der Waals surface area contributed by atoms with Crippen LogP contribution in [-0.2, 0) is 10.3 Å². The van der Waals surface area contributed by atoms with Gasteiger partial charge in [0.1, 0.15) is 11.5 Å². The fraction of sp³-hybridized carbons (Fsp3) is 0.538. The normalized spacial score (nSPS) is 14.2. The van der Waals surface area contributed by atoms with Gasteiger partial charge in [0.25, 0.3) is 0 Å². The highest BCUT2D eigenvalue weighted by molar-refractivity contribution is 5.40. The molecule has 0 heterocycles. The highest BCUT2D eigenvalue weighted by Crippen LogP contribution is 2.31. The average Bonchev–Trinajstić information content (AvgIpc) is 2.35. The molecule has 1 unspecified atom stereocenters. The van der Waals surface area contributed by atoms with Gasteiger partial charge in [0.15, 0.2) is 0 Å². The van der Waals surface area contributed by atoms with Crippen LogP contribution in [0.1, 0.15) is 18.9 Å². The lowest BCUT2D eigenvalue weighted by Gasteiger charge is -2.24. The summed E-state index contributed by atoms with van der Waals surface area (Å²) in [5.41, 5.74) is -0.205. The first-order valence-corrected chi connectivity index (χ1v) is 5.48. The summed E-state index contributed by atoms with van der Waals surface area (Å²) in [7, 11) is 4.78. The minimum Gasteiger partial charge on any atom is -0.497 e. The van der Waals surface area contributed by atoms with E-state index >= 15 is 0 Å². The summed E-state index contributed by atoms with van der Waals surface area (Å²) in [5, 5.41) is 10.4. The lowest BCUT2D eigenvalue weighted by atomic mass is 9.92. The fourth-order valence-electron chi connectivity index (χ4n) is 1.56. The molecule has 0 saturated heterocycles. The smallest absolute Gasteiger partial charge is 0.122 e. The third-order valence-corrected chi connectivity index (χ3v) is 2.77. The molecule has 1 N–H and O–H groups in total. The van der Waals surface area contributed by atoms with Crippen LogP contribution in [0, 0.1) is 0 Å². The Hall–Kier alpha value is -1.26. The van der Waals surface area contributed by atoms with E-state index in [0.29, 0.717) is 24.5 Å². The predicted octanol–water partition coefficient (Wildman–Crippen LogP) is 1.95. The Morgan fingerprint density at radius 2 is 1.59 bits per heavy atom. The lowest BCUT2D eigenvalue weighted by molar-refractivity contribution is 0.0207. The molecule has 1 atom stereocenters. The monoisotopic (exact) mass is 240 g/mol. The van der Waals surface area contributed by atoms with Gasteiger partial charge < -0.3 is 19.3 Å². The number of rotatable bonds is 6. The molecule has 1 aromatic carbocycles. The lowest BCUT2D eigenvalue weighted by Crippen LogP contribution is -2.23. The van der Waals surface area contributed by atoms with Crippen molar-refractivity contribution < 1.29 is 19.3 Å². The molecule has 96 valence electrons. The second-order valence-electron chi connectivity index (χ2n) is 4.12. The fourth-order valence-corrected chi connectivity index (χ4v) is 1.56. The van der Waals surface area contributed by atoms with Crippen molar-refractivity contribution >= 4 is 0 Å². The van der Waals surface area contributed by atoms with E-state index in [1.54, 1.807) is 46.5 Å². The molecule has 1 aromatic rings. The maximum atomic E-state index is 10.4. The predicted molar refractivity (Wildman–Crippen MR) is 65.6 cm³/mol. The second kappa shape index (κ2) is 5.89. The quantitative estimate of drug-likeness (QED) is 0.825. The van der Waals surface area contributed by atoms with E-state index in [9.17, 15) is 5.11 Å².